The molecule has 3 heterocycles. The third-order valence-corrected chi connectivity index (χ3v) is 5.72. The van der Waals surface area contributed by atoms with Crippen LogP contribution in [0.4, 0.5) is 11.4 Å². The van der Waals surface area contributed by atoms with Crippen molar-refractivity contribution in [3.05, 3.63) is 47.5 Å². The number of rotatable bonds is 3. The molecule has 0 spiro atoms. The Bertz CT molecular complexity index is 905. The molecule has 2 aromatic heterocycles. The minimum atomic E-state index is -0.0681. The zero-order valence-electron chi connectivity index (χ0n) is 14.5. The van der Waals surface area contributed by atoms with E-state index in [-0.39, 0.29) is 5.91 Å². The van der Waals surface area contributed by atoms with Gasteiger partial charge < -0.3 is 19.7 Å². The number of carbonyl (C=O) groups excluding carboxylic acids is 1. The summed E-state index contributed by atoms with van der Waals surface area (Å²) in [6.07, 6.45) is 0. The van der Waals surface area contributed by atoms with E-state index in [2.05, 4.69) is 34.3 Å². The van der Waals surface area contributed by atoms with Crippen molar-refractivity contribution in [2.24, 2.45) is 7.05 Å². The number of nitrogens with zero attached hydrogens (tertiary/aromatic N) is 3. The molecule has 1 amide bonds. The molecule has 1 aliphatic heterocycles. The number of fused-ring (bicyclic) bond motifs is 1. The highest BCUT2D eigenvalue weighted by Crippen LogP contribution is 2.25. The Labute approximate surface area is 151 Å². The van der Waals surface area contributed by atoms with E-state index in [0.717, 1.165) is 42.1 Å². The van der Waals surface area contributed by atoms with Gasteiger partial charge in [-0.1, -0.05) is 6.07 Å². The average molecular weight is 354 g/mol. The summed E-state index contributed by atoms with van der Waals surface area (Å²) in [5, 5.41) is 5.09. The van der Waals surface area contributed by atoms with Crippen LogP contribution in [0, 0.1) is 0 Å². The van der Waals surface area contributed by atoms with Crippen LogP contribution in [-0.2, 0) is 7.05 Å². The lowest BCUT2D eigenvalue weighted by Gasteiger charge is -2.34. The number of amides is 1. The number of piperazine rings is 1. The number of nitrogens with one attached hydrogen (secondary N) is 1. The van der Waals surface area contributed by atoms with Crippen molar-refractivity contribution in [3.63, 3.8) is 0 Å². The van der Waals surface area contributed by atoms with Crippen LogP contribution in [0.5, 0.6) is 0 Å². The van der Waals surface area contributed by atoms with Crippen molar-refractivity contribution < 1.29 is 4.79 Å². The van der Waals surface area contributed by atoms with Gasteiger partial charge in [0.05, 0.1) is 10.2 Å². The maximum Gasteiger partial charge on any atom is 0.272 e. The molecule has 1 fully saturated rings. The predicted octanol–water partition coefficient (Wildman–Crippen LogP) is 3.24. The number of likely N-dealkylation sites (N-methyl/N-ethyl adjacent to an activating group) is 1. The van der Waals surface area contributed by atoms with Gasteiger partial charge in [-0.15, -0.1) is 11.3 Å². The van der Waals surface area contributed by atoms with Gasteiger partial charge in [0, 0.05) is 44.6 Å². The Hall–Kier alpha value is -2.31. The molecule has 25 heavy (non-hydrogen) atoms. The average Bonchev–Trinajstić information content (AvgIpc) is 3.19. The van der Waals surface area contributed by atoms with Crippen LogP contribution in [-0.4, -0.2) is 48.6 Å². The van der Waals surface area contributed by atoms with Crippen LogP contribution >= 0.6 is 11.3 Å². The topological polar surface area (TPSA) is 40.5 Å². The molecule has 1 aliphatic rings. The van der Waals surface area contributed by atoms with E-state index in [1.165, 1.54) is 5.69 Å². The molecule has 0 atom stereocenters. The third kappa shape index (κ3) is 3.15. The van der Waals surface area contributed by atoms with E-state index in [0.29, 0.717) is 5.69 Å². The maximum absolute atomic E-state index is 12.7. The second kappa shape index (κ2) is 6.54. The Morgan fingerprint density at radius 2 is 1.88 bits per heavy atom. The molecule has 0 unspecified atom stereocenters. The third-order valence-electron chi connectivity index (χ3n) is 4.87. The van der Waals surface area contributed by atoms with Gasteiger partial charge in [0.1, 0.15) is 5.69 Å². The van der Waals surface area contributed by atoms with Gasteiger partial charge in [-0.05, 0) is 42.8 Å². The first-order chi connectivity index (χ1) is 12.1. The van der Waals surface area contributed by atoms with Crippen molar-refractivity contribution in [1.29, 1.82) is 0 Å². The Morgan fingerprint density at radius 1 is 1.08 bits per heavy atom. The summed E-state index contributed by atoms with van der Waals surface area (Å²) in [4.78, 5) is 17.4. The van der Waals surface area contributed by atoms with E-state index in [1.54, 1.807) is 11.3 Å². The molecular formula is C19H22N4OS. The van der Waals surface area contributed by atoms with Crippen LogP contribution in [0.2, 0.25) is 0 Å². The predicted molar refractivity (Wildman–Crippen MR) is 105 cm³/mol. The van der Waals surface area contributed by atoms with Crippen molar-refractivity contribution in [3.8, 4) is 0 Å². The number of hydrogen-bond acceptors (Lipinski definition) is 4. The Balaban J connectivity index is 1.52. The van der Waals surface area contributed by atoms with Gasteiger partial charge in [0.25, 0.3) is 5.91 Å². The molecule has 0 saturated carbocycles. The summed E-state index contributed by atoms with van der Waals surface area (Å²) < 4.78 is 3.09. The number of anilines is 2. The first-order valence-corrected chi connectivity index (χ1v) is 9.37. The standard InChI is InChI=1S/C19H22N4OS/c1-21-7-9-23(10-8-21)15-5-3-4-14(12-15)20-19(24)17-13-18-16(22(17)2)6-11-25-18/h3-6,11-13H,7-10H2,1-2H3,(H,20,24). The van der Waals surface area contributed by atoms with Crippen molar-refractivity contribution >= 4 is 38.8 Å². The van der Waals surface area contributed by atoms with E-state index in [1.807, 2.05) is 41.3 Å². The highest BCUT2D eigenvalue weighted by atomic mass is 32.1. The number of thiophene rings is 1. The molecule has 0 radical (unpaired) electrons. The highest BCUT2D eigenvalue weighted by Gasteiger charge is 2.16. The molecule has 130 valence electrons. The van der Waals surface area contributed by atoms with Crippen molar-refractivity contribution in [1.82, 2.24) is 9.47 Å². The van der Waals surface area contributed by atoms with Crippen LogP contribution in [0.15, 0.2) is 41.8 Å². The zero-order chi connectivity index (χ0) is 17.4. The zero-order valence-corrected chi connectivity index (χ0v) is 15.3. The van der Waals surface area contributed by atoms with Crippen LogP contribution in [0.3, 0.4) is 0 Å². The van der Waals surface area contributed by atoms with Crippen molar-refractivity contribution in [2.75, 3.05) is 43.4 Å². The van der Waals surface area contributed by atoms with E-state index in [4.69, 9.17) is 0 Å². The van der Waals surface area contributed by atoms with E-state index >= 15 is 0 Å². The summed E-state index contributed by atoms with van der Waals surface area (Å²) in [6.45, 7) is 4.16. The Kier molecular flexibility index (Phi) is 4.23. The molecule has 4 rings (SSSR count). The summed E-state index contributed by atoms with van der Waals surface area (Å²) >= 11 is 1.66. The van der Waals surface area contributed by atoms with Gasteiger partial charge in [-0.2, -0.15) is 0 Å². The molecular weight excluding hydrogens is 332 g/mol. The first-order valence-electron chi connectivity index (χ1n) is 8.49. The fraction of sp³-hybridized carbons (Fsp3) is 0.316. The smallest absolute Gasteiger partial charge is 0.272 e. The second-order valence-electron chi connectivity index (χ2n) is 6.55. The number of aromatic nitrogens is 1. The number of aryl methyl sites for hydroxylation is 1. The largest absolute Gasteiger partial charge is 0.369 e. The van der Waals surface area contributed by atoms with Crippen LogP contribution < -0.4 is 10.2 Å². The molecule has 1 aromatic carbocycles. The molecule has 0 aliphatic carbocycles. The minimum absolute atomic E-state index is 0.0681. The van der Waals surface area contributed by atoms with Crippen LogP contribution in [0.25, 0.3) is 10.2 Å². The molecule has 3 aromatic rings. The molecule has 1 N–H and O–H groups in total. The van der Waals surface area contributed by atoms with Gasteiger partial charge in [0.2, 0.25) is 0 Å². The highest BCUT2D eigenvalue weighted by molar-refractivity contribution is 7.17. The SMILES string of the molecule is CN1CCN(c2cccc(NC(=O)c3cc4sccc4n3C)c2)CC1. The van der Waals surface area contributed by atoms with Gasteiger partial charge in [-0.3, -0.25) is 4.79 Å². The fourth-order valence-corrected chi connectivity index (χ4v) is 4.16. The quantitative estimate of drug-likeness (QED) is 0.785. The molecule has 1 saturated heterocycles. The monoisotopic (exact) mass is 354 g/mol. The van der Waals surface area contributed by atoms with Gasteiger partial charge >= 0.3 is 0 Å². The van der Waals surface area contributed by atoms with Gasteiger partial charge in [0.15, 0.2) is 0 Å². The lowest BCUT2D eigenvalue weighted by molar-refractivity contribution is 0.102. The summed E-state index contributed by atoms with van der Waals surface area (Å²) in [5.41, 5.74) is 3.79. The lowest BCUT2D eigenvalue weighted by Crippen LogP contribution is -2.44. The molecule has 5 nitrogen and oxygen atoms in total. The fourth-order valence-electron chi connectivity index (χ4n) is 3.31. The van der Waals surface area contributed by atoms with E-state index in [9.17, 15) is 4.79 Å². The summed E-state index contributed by atoms with van der Waals surface area (Å²) in [6, 6.07) is 12.1. The van der Waals surface area contributed by atoms with Crippen LogP contribution in [0.1, 0.15) is 10.5 Å². The van der Waals surface area contributed by atoms with Gasteiger partial charge in [-0.25, -0.2) is 0 Å². The number of carbonyl (C=O) groups is 1. The minimum Gasteiger partial charge on any atom is -0.369 e. The lowest BCUT2D eigenvalue weighted by atomic mass is 10.2. The normalized spacial score (nSPS) is 15.7. The van der Waals surface area contributed by atoms with Crippen molar-refractivity contribution in [2.45, 2.75) is 0 Å². The van der Waals surface area contributed by atoms with E-state index < -0.39 is 0 Å². The summed E-state index contributed by atoms with van der Waals surface area (Å²) in [7, 11) is 4.09. The number of hydrogen-bond donors (Lipinski definition) is 1. The molecule has 0 bridgehead atoms. The number of benzene rings is 1. The summed E-state index contributed by atoms with van der Waals surface area (Å²) in [5.74, 6) is -0.0681. The second-order valence-corrected chi connectivity index (χ2v) is 7.50. The molecule has 6 heteroatoms. The first kappa shape index (κ1) is 16.2. The Morgan fingerprint density at radius 3 is 2.64 bits per heavy atom. The maximum atomic E-state index is 12.7.